The van der Waals surface area contributed by atoms with Crippen molar-refractivity contribution in [3.63, 3.8) is 0 Å². The molecule has 0 atom stereocenters. The van der Waals surface area contributed by atoms with Gasteiger partial charge in [-0.3, -0.25) is 0 Å². The summed E-state index contributed by atoms with van der Waals surface area (Å²) in [4.78, 5) is 0. The zero-order chi connectivity index (χ0) is 6.69. The molecule has 1 aromatic rings. The minimum atomic E-state index is -0.515. The van der Waals surface area contributed by atoms with Crippen molar-refractivity contribution in [3.8, 4) is 0 Å². The molecule has 0 fully saturated rings. The van der Waals surface area contributed by atoms with Crippen LogP contribution in [0.2, 0.25) is 5.02 Å². The van der Waals surface area contributed by atoms with Crippen LogP contribution in [-0.2, 0) is 0 Å². The first kappa shape index (κ1) is 6.80. The first-order valence-electron chi connectivity index (χ1n) is 2.77. The van der Waals surface area contributed by atoms with Gasteiger partial charge in [-0.1, -0.05) is 23.7 Å². The van der Waals surface area contributed by atoms with Crippen molar-refractivity contribution in [1.82, 2.24) is 0 Å². The number of benzene rings is 1. The van der Waals surface area contributed by atoms with Gasteiger partial charge in [-0.25, -0.2) is 0 Å². The summed E-state index contributed by atoms with van der Waals surface area (Å²) in [5.74, 6) is 0. The molecule has 0 aromatic heterocycles. The zero-order valence-electron chi connectivity index (χ0n) is 4.97. The molecule has 0 spiro atoms. The van der Waals surface area contributed by atoms with Crippen molar-refractivity contribution in [3.05, 3.63) is 29.3 Å². The van der Waals surface area contributed by atoms with Crippen LogP contribution in [0.25, 0.3) is 0 Å². The standard InChI is InChI=1S/C6H8ClNSi/c7-5-2-1-3-6(4-5)9-8/h1-4H,8-9H2. The van der Waals surface area contributed by atoms with Crippen LogP contribution in [0, 0.1) is 0 Å². The van der Waals surface area contributed by atoms with Crippen LogP contribution in [0.1, 0.15) is 0 Å². The third kappa shape index (κ3) is 1.82. The highest BCUT2D eigenvalue weighted by molar-refractivity contribution is 6.50. The Bertz CT molecular complexity index is 202. The van der Waals surface area contributed by atoms with E-state index in [0.717, 1.165) is 5.02 Å². The Morgan fingerprint density at radius 3 is 2.67 bits per heavy atom. The molecule has 48 valence electrons. The van der Waals surface area contributed by atoms with Gasteiger partial charge in [0.2, 0.25) is 0 Å². The SMILES string of the molecule is N[SiH2]c1cccc(Cl)c1. The Morgan fingerprint density at radius 2 is 2.22 bits per heavy atom. The molecule has 0 radical (unpaired) electrons. The molecule has 3 heteroatoms. The van der Waals surface area contributed by atoms with Gasteiger partial charge in [-0.2, -0.15) is 0 Å². The number of hydrogen-bond acceptors (Lipinski definition) is 1. The van der Waals surface area contributed by atoms with Crippen molar-refractivity contribution in [1.29, 1.82) is 0 Å². The lowest BCUT2D eigenvalue weighted by molar-refractivity contribution is 1.74. The fraction of sp³-hybridized carbons (Fsp3) is 0. The van der Waals surface area contributed by atoms with E-state index in [4.69, 9.17) is 17.0 Å². The first-order chi connectivity index (χ1) is 4.33. The minimum absolute atomic E-state index is 0.515. The fourth-order valence-corrected chi connectivity index (χ4v) is 1.62. The average Bonchev–Trinajstić information content (AvgIpc) is 1.88. The van der Waals surface area contributed by atoms with Crippen LogP contribution in [0.5, 0.6) is 0 Å². The summed E-state index contributed by atoms with van der Waals surface area (Å²) >= 11 is 5.69. The summed E-state index contributed by atoms with van der Waals surface area (Å²) in [6, 6.07) is 7.72. The van der Waals surface area contributed by atoms with Gasteiger partial charge in [0.1, 0.15) is 9.68 Å². The summed E-state index contributed by atoms with van der Waals surface area (Å²) in [5, 5.41) is 7.49. The highest BCUT2D eigenvalue weighted by Crippen LogP contribution is 2.02. The molecular weight excluding hydrogens is 150 g/mol. The molecule has 0 aliphatic carbocycles. The van der Waals surface area contributed by atoms with Gasteiger partial charge in [0, 0.05) is 5.02 Å². The van der Waals surface area contributed by atoms with E-state index < -0.39 is 9.68 Å². The fourth-order valence-electron chi connectivity index (χ4n) is 0.664. The molecule has 0 unspecified atom stereocenters. The lowest BCUT2D eigenvalue weighted by Gasteiger charge is -1.93. The van der Waals surface area contributed by atoms with Crippen LogP contribution in [-0.4, -0.2) is 9.68 Å². The molecule has 1 rings (SSSR count). The second-order valence-electron chi connectivity index (χ2n) is 1.83. The summed E-state index contributed by atoms with van der Waals surface area (Å²) in [5.41, 5.74) is 0. The Hall–Kier alpha value is -0.313. The predicted octanol–water partition coefficient (Wildman–Crippen LogP) is 0.00780. The van der Waals surface area contributed by atoms with Gasteiger partial charge in [-0.05, 0) is 17.3 Å². The lowest BCUT2D eigenvalue weighted by Crippen LogP contribution is -2.22. The third-order valence-electron chi connectivity index (χ3n) is 1.12. The van der Waals surface area contributed by atoms with Gasteiger partial charge in [0.15, 0.2) is 0 Å². The topological polar surface area (TPSA) is 26.0 Å². The Balaban J connectivity index is 2.94. The van der Waals surface area contributed by atoms with Gasteiger partial charge in [0.25, 0.3) is 0 Å². The van der Waals surface area contributed by atoms with Crippen LogP contribution < -0.4 is 10.6 Å². The van der Waals surface area contributed by atoms with Gasteiger partial charge < -0.3 is 5.40 Å². The molecule has 0 saturated heterocycles. The molecule has 0 aliphatic heterocycles. The van der Waals surface area contributed by atoms with Crippen LogP contribution in [0.4, 0.5) is 0 Å². The summed E-state index contributed by atoms with van der Waals surface area (Å²) in [6.45, 7) is 0. The maximum absolute atomic E-state index is 5.69. The molecule has 9 heavy (non-hydrogen) atoms. The highest BCUT2D eigenvalue weighted by Gasteiger charge is 1.88. The maximum Gasteiger partial charge on any atom is 0.122 e. The second-order valence-corrected chi connectivity index (χ2v) is 3.50. The molecule has 1 aromatic carbocycles. The van der Waals surface area contributed by atoms with E-state index in [2.05, 4.69) is 0 Å². The lowest BCUT2D eigenvalue weighted by atomic mass is 10.4. The van der Waals surface area contributed by atoms with Crippen LogP contribution in [0.15, 0.2) is 24.3 Å². The summed E-state index contributed by atoms with van der Waals surface area (Å²) in [7, 11) is -0.515. The quantitative estimate of drug-likeness (QED) is 0.572. The number of halogens is 1. The van der Waals surface area contributed by atoms with Crippen molar-refractivity contribution < 1.29 is 0 Å². The first-order valence-corrected chi connectivity index (χ1v) is 4.67. The van der Waals surface area contributed by atoms with E-state index in [0.29, 0.717) is 0 Å². The average molecular weight is 158 g/mol. The Labute approximate surface area is 61.7 Å². The largest absolute Gasteiger partial charge is 0.352 e. The maximum atomic E-state index is 5.69. The number of nitrogens with two attached hydrogens (primary N) is 1. The molecule has 0 saturated carbocycles. The summed E-state index contributed by atoms with van der Waals surface area (Å²) in [6.07, 6.45) is 0. The predicted molar refractivity (Wildman–Crippen MR) is 43.8 cm³/mol. The van der Waals surface area contributed by atoms with Crippen molar-refractivity contribution in [2.75, 3.05) is 0 Å². The van der Waals surface area contributed by atoms with Crippen molar-refractivity contribution in [2.45, 2.75) is 0 Å². The van der Waals surface area contributed by atoms with Gasteiger partial charge in [0.05, 0.1) is 0 Å². The van der Waals surface area contributed by atoms with E-state index in [1.807, 2.05) is 24.3 Å². The molecule has 0 heterocycles. The third-order valence-corrected chi connectivity index (χ3v) is 2.27. The van der Waals surface area contributed by atoms with E-state index in [-0.39, 0.29) is 0 Å². The Kier molecular flexibility index (Phi) is 2.27. The Morgan fingerprint density at radius 1 is 1.44 bits per heavy atom. The molecule has 0 aliphatic rings. The molecular formula is C6H8ClNSi. The van der Waals surface area contributed by atoms with E-state index in [9.17, 15) is 0 Å². The van der Waals surface area contributed by atoms with Crippen LogP contribution in [0.3, 0.4) is 0 Å². The smallest absolute Gasteiger partial charge is 0.122 e. The van der Waals surface area contributed by atoms with Gasteiger partial charge >= 0.3 is 0 Å². The number of hydrogen-bond donors (Lipinski definition) is 1. The molecule has 2 N–H and O–H groups in total. The molecule has 1 nitrogen and oxygen atoms in total. The second kappa shape index (κ2) is 3.01. The van der Waals surface area contributed by atoms with Crippen molar-refractivity contribution >= 4 is 26.5 Å². The van der Waals surface area contributed by atoms with Crippen LogP contribution >= 0.6 is 11.6 Å². The van der Waals surface area contributed by atoms with E-state index >= 15 is 0 Å². The van der Waals surface area contributed by atoms with E-state index in [1.54, 1.807) is 0 Å². The monoisotopic (exact) mass is 157 g/mol. The van der Waals surface area contributed by atoms with E-state index in [1.165, 1.54) is 5.19 Å². The summed E-state index contributed by atoms with van der Waals surface area (Å²) < 4.78 is 0. The number of rotatable bonds is 1. The minimum Gasteiger partial charge on any atom is -0.352 e. The van der Waals surface area contributed by atoms with Gasteiger partial charge in [-0.15, -0.1) is 0 Å². The normalized spacial score (nSPS) is 10.9. The molecule has 0 bridgehead atoms. The van der Waals surface area contributed by atoms with Crippen molar-refractivity contribution in [2.24, 2.45) is 5.40 Å². The zero-order valence-corrected chi connectivity index (χ0v) is 7.14. The highest BCUT2D eigenvalue weighted by atomic mass is 35.5. The molecule has 0 amide bonds.